The highest BCUT2D eigenvalue weighted by atomic mass is 35.5. The summed E-state index contributed by atoms with van der Waals surface area (Å²) in [6.07, 6.45) is 3.10. The second-order valence-electron chi connectivity index (χ2n) is 4.61. The summed E-state index contributed by atoms with van der Waals surface area (Å²) < 4.78 is 0.820. The van der Waals surface area contributed by atoms with E-state index < -0.39 is 9.75 Å². The standard InChI is InChI=1S/C11H15Cl2N3O/c1-3-6-16-8(4-5-14-16)15-9(17)10(2)7-11(10,12)13/h4-5H,3,6-7H2,1-2H3,(H,15,17)/t10-/m1/s1. The van der Waals surface area contributed by atoms with Crippen molar-refractivity contribution in [1.82, 2.24) is 9.78 Å². The molecule has 0 aromatic carbocycles. The summed E-state index contributed by atoms with van der Waals surface area (Å²) in [5.74, 6) is 0.537. The minimum atomic E-state index is -0.938. The third-order valence-corrected chi connectivity index (χ3v) is 4.25. The monoisotopic (exact) mass is 275 g/mol. The van der Waals surface area contributed by atoms with Crippen LogP contribution in [0.1, 0.15) is 26.7 Å². The molecule has 1 N–H and O–H groups in total. The Balaban J connectivity index is 2.07. The zero-order chi connectivity index (χ0) is 12.7. The third-order valence-electron chi connectivity index (χ3n) is 3.15. The van der Waals surface area contributed by atoms with Gasteiger partial charge in [-0.2, -0.15) is 5.10 Å². The molecule has 17 heavy (non-hydrogen) atoms. The predicted molar refractivity (Wildman–Crippen MR) is 68.3 cm³/mol. The first kappa shape index (κ1) is 12.7. The fraction of sp³-hybridized carbons (Fsp3) is 0.636. The molecule has 0 unspecified atom stereocenters. The normalized spacial score (nSPS) is 25.6. The number of hydrogen-bond donors (Lipinski definition) is 1. The minimum absolute atomic E-state index is 0.152. The summed E-state index contributed by atoms with van der Waals surface area (Å²) >= 11 is 11.9. The van der Waals surface area contributed by atoms with Gasteiger partial charge in [0, 0.05) is 12.6 Å². The Morgan fingerprint density at radius 1 is 1.65 bits per heavy atom. The molecular weight excluding hydrogens is 261 g/mol. The van der Waals surface area contributed by atoms with Crippen molar-refractivity contribution in [2.75, 3.05) is 5.32 Å². The van der Waals surface area contributed by atoms with Crippen LogP contribution in [-0.2, 0) is 11.3 Å². The van der Waals surface area contributed by atoms with E-state index in [9.17, 15) is 4.79 Å². The average Bonchev–Trinajstić information content (AvgIpc) is 2.60. The lowest BCUT2D eigenvalue weighted by Crippen LogP contribution is -2.27. The fourth-order valence-electron chi connectivity index (χ4n) is 1.73. The van der Waals surface area contributed by atoms with Crippen molar-refractivity contribution in [3.05, 3.63) is 12.3 Å². The van der Waals surface area contributed by atoms with E-state index in [1.54, 1.807) is 23.9 Å². The Hall–Kier alpha value is -0.740. The van der Waals surface area contributed by atoms with Crippen molar-refractivity contribution in [1.29, 1.82) is 0 Å². The van der Waals surface area contributed by atoms with Gasteiger partial charge in [0.15, 0.2) is 0 Å². The number of amides is 1. The topological polar surface area (TPSA) is 46.9 Å². The summed E-state index contributed by atoms with van der Waals surface area (Å²) in [7, 11) is 0. The smallest absolute Gasteiger partial charge is 0.234 e. The van der Waals surface area contributed by atoms with Crippen molar-refractivity contribution in [2.24, 2.45) is 5.41 Å². The van der Waals surface area contributed by atoms with Crippen LogP contribution in [0.2, 0.25) is 0 Å². The molecule has 2 rings (SSSR count). The Bertz CT molecular complexity index is 444. The van der Waals surface area contributed by atoms with Crippen LogP contribution >= 0.6 is 23.2 Å². The molecule has 1 aromatic rings. The van der Waals surface area contributed by atoms with Gasteiger partial charge in [-0.3, -0.25) is 4.79 Å². The number of anilines is 1. The van der Waals surface area contributed by atoms with Crippen LogP contribution in [0.15, 0.2) is 12.3 Å². The molecule has 0 spiro atoms. The predicted octanol–water partition coefficient (Wildman–Crippen LogP) is 2.82. The van der Waals surface area contributed by atoms with Gasteiger partial charge < -0.3 is 5.32 Å². The molecule has 1 amide bonds. The van der Waals surface area contributed by atoms with E-state index in [1.165, 1.54) is 0 Å². The molecule has 0 bridgehead atoms. The third kappa shape index (κ3) is 2.16. The summed E-state index contributed by atoms with van der Waals surface area (Å²) in [6, 6.07) is 1.77. The molecular formula is C11H15Cl2N3O. The maximum absolute atomic E-state index is 12.0. The summed E-state index contributed by atoms with van der Waals surface area (Å²) in [5, 5.41) is 6.96. The van der Waals surface area contributed by atoms with Gasteiger partial charge in [-0.15, -0.1) is 23.2 Å². The number of aryl methyl sites for hydroxylation is 1. The minimum Gasteiger partial charge on any atom is -0.310 e. The van der Waals surface area contributed by atoms with Crippen molar-refractivity contribution in [2.45, 2.75) is 37.6 Å². The number of nitrogens with zero attached hydrogens (tertiary/aromatic N) is 2. The van der Waals surface area contributed by atoms with E-state index in [2.05, 4.69) is 17.3 Å². The number of carbonyl (C=O) groups is 1. The first-order valence-electron chi connectivity index (χ1n) is 5.62. The molecule has 6 heteroatoms. The highest BCUT2D eigenvalue weighted by Gasteiger charge is 2.68. The number of hydrogen-bond acceptors (Lipinski definition) is 2. The van der Waals surface area contributed by atoms with Crippen molar-refractivity contribution in [3.63, 3.8) is 0 Å². The fourth-order valence-corrected chi connectivity index (χ4v) is 2.44. The average molecular weight is 276 g/mol. The van der Waals surface area contributed by atoms with Crippen LogP contribution in [0.5, 0.6) is 0 Å². The molecule has 0 radical (unpaired) electrons. The lowest BCUT2D eigenvalue weighted by molar-refractivity contribution is -0.120. The molecule has 1 heterocycles. The van der Waals surface area contributed by atoms with Gasteiger partial charge in [0.1, 0.15) is 10.2 Å². The largest absolute Gasteiger partial charge is 0.310 e. The molecule has 4 nitrogen and oxygen atoms in total. The summed E-state index contributed by atoms with van der Waals surface area (Å²) in [4.78, 5) is 12.0. The van der Waals surface area contributed by atoms with Gasteiger partial charge in [-0.25, -0.2) is 4.68 Å². The zero-order valence-electron chi connectivity index (χ0n) is 9.83. The number of nitrogens with one attached hydrogen (secondary N) is 1. The molecule has 1 saturated carbocycles. The van der Waals surface area contributed by atoms with E-state index in [-0.39, 0.29) is 5.91 Å². The molecule has 1 atom stereocenters. The second-order valence-corrected chi connectivity index (χ2v) is 6.09. The molecule has 1 aromatic heterocycles. The van der Waals surface area contributed by atoms with Gasteiger partial charge in [0.25, 0.3) is 0 Å². The zero-order valence-corrected chi connectivity index (χ0v) is 11.3. The van der Waals surface area contributed by atoms with Gasteiger partial charge >= 0.3 is 0 Å². The van der Waals surface area contributed by atoms with Crippen molar-refractivity contribution in [3.8, 4) is 0 Å². The molecule has 1 aliphatic rings. The van der Waals surface area contributed by atoms with E-state index in [0.717, 1.165) is 13.0 Å². The van der Waals surface area contributed by atoms with Crippen LogP contribution in [0.25, 0.3) is 0 Å². The Kier molecular flexibility index (Phi) is 3.12. The number of carbonyl (C=O) groups excluding carboxylic acids is 1. The van der Waals surface area contributed by atoms with Gasteiger partial charge in [-0.1, -0.05) is 6.92 Å². The molecule has 0 aliphatic heterocycles. The van der Waals surface area contributed by atoms with Gasteiger partial charge in [0.2, 0.25) is 5.91 Å². The Morgan fingerprint density at radius 3 is 2.82 bits per heavy atom. The van der Waals surface area contributed by atoms with Crippen LogP contribution in [0.4, 0.5) is 5.82 Å². The van der Waals surface area contributed by atoms with Crippen LogP contribution in [0.3, 0.4) is 0 Å². The lowest BCUT2D eigenvalue weighted by Gasteiger charge is -2.13. The van der Waals surface area contributed by atoms with E-state index in [0.29, 0.717) is 12.2 Å². The molecule has 0 saturated heterocycles. The number of aromatic nitrogens is 2. The maximum atomic E-state index is 12.0. The number of alkyl halides is 2. The molecule has 94 valence electrons. The highest BCUT2D eigenvalue weighted by molar-refractivity contribution is 6.53. The highest BCUT2D eigenvalue weighted by Crippen LogP contribution is 2.64. The van der Waals surface area contributed by atoms with Crippen molar-refractivity contribution < 1.29 is 4.79 Å². The quantitative estimate of drug-likeness (QED) is 0.859. The maximum Gasteiger partial charge on any atom is 0.234 e. The summed E-state index contributed by atoms with van der Waals surface area (Å²) in [6.45, 7) is 4.59. The van der Waals surface area contributed by atoms with Crippen LogP contribution < -0.4 is 5.32 Å². The van der Waals surface area contributed by atoms with Crippen molar-refractivity contribution >= 4 is 34.9 Å². The molecule has 1 aliphatic carbocycles. The lowest BCUT2D eigenvalue weighted by atomic mass is 10.1. The van der Waals surface area contributed by atoms with Gasteiger partial charge in [0.05, 0.1) is 11.6 Å². The second kappa shape index (κ2) is 4.18. The van der Waals surface area contributed by atoms with E-state index in [1.807, 2.05) is 0 Å². The van der Waals surface area contributed by atoms with E-state index in [4.69, 9.17) is 23.2 Å². The van der Waals surface area contributed by atoms with Crippen LogP contribution in [0, 0.1) is 5.41 Å². The molecule has 1 fully saturated rings. The first-order valence-corrected chi connectivity index (χ1v) is 6.37. The van der Waals surface area contributed by atoms with Gasteiger partial charge in [-0.05, 0) is 19.8 Å². The van der Waals surface area contributed by atoms with Crippen LogP contribution in [-0.4, -0.2) is 20.0 Å². The first-order chi connectivity index (χ1) is 7.90. The summed E-state index contributed by atoms with van der Waals surface area (Å²) in [5.41, 5.74) is -0.697. The number of rotatable bonds is 4. The SMILES string of the molecule is CCCn1nccc1NC(=O)[C@@]1(C)CC1(Cl)Cl. The number of halogens is 2. The van der Waals surface area contributed by atoms with E-state index >= 15 is 0 Å². The Morgan fingerprint density at radius 2 is 2.29 bits per heavy atom. The Labute approximate surface area is 110 Å².